The first-order valence-corrected chi connectivity index (χ1v) is 18.1. The zero-order valence-corrected chi connectivity index (χ0v) is 32.3. The molecule has 0 spiro atoms. The SMILES string of the molecule is O=C(OCC1OC(OC(=O)c2cc(O)c(O)c(O)c2)C(OC(=O)c2cc(O)c(O)c(O)c2)C(OC(=O)c2cc(O)c(O)c(O)c2)C1OC(=O)c1cc(O)c(O)c(O)c1)c1ccc(O)cc1. The summed E-state index contributed by atoms with van der Waals surface area (Å²) in [5, 5.41) is 130. The maximum Gasteiger partial charge on any atom is 0.340 e. The largest absolute Gasteiger partial charge is 0.508 e. The number of aromatic hydroxyl groups is 13. The number of carbonyl (C=O) groups excluding carboxylic acids is 5. The van der Waals surface area contributed by atoms with E-state index in [-0.39, 0.29) is 11.3 Å². The molecule has 13 N–H and O–H groups in total. The summed E-state index contributed by atoms with van der Waals surface area (Å²) in [6.45, 7) is -1.09. The van der Waals surface area contributed by atoms with Crippen LogP contribution in [0.15, 0.2) is 72.8 Å². The lowest BCUT2D eigenvalue weighted by molar-refractivity contribution is -0.282. The van der Waals surface area contributed by atoms with Gasteiger partial charge in [-0.2, -0.15) is 0 Å². The Bertz CT molecular complexity index is 2620. The van der Waals surface area contributed by atoms with Crippen LogP contribution in [0.2, 0.25) is 0 Å². The number of hydrogen-bond donors (Lipinski definition) is 13. The first-order chi connectivity index (χ1) is 30.6. The second-order valence-electron chi connectivity index (χ2n) is 13.7. The molecule has 0 radical (unpaired) electrons. The van der Waals surface area contributed by atoms with Gasteiger partial charge in [0.25, 0.3) is 0 Å². The Kier molecular flexibility index (Phi) is 12.6. The topological polar surface area (TPSA) is 404 Å². The van der Waals surface area contributed by atoms with Gasteiger partial charge in [-0.05, 0) is 72.8 Å². The van der Waals surface area contributed by atoms with Crippen LogP contribution in [0.1, 0.15) is 51.8 Å². The minimum atomic E-state index is -2.48. The molecule has 1 heterocycles. The normalized spacial score (nSPS) is 17.9. The molecule has 0 aliphatic carbocycles. The van der Waals surface area contributed by atoms with Crippen molar-refractivity contribution in [2.45, 2.75) is 30.7 Å². The van der Waals surface area contributed by atoms with Gasteiger partial charge in [0.15, 0.2) is 81.2 Å². The lowest BCUT2D eigenvalue weighted by atomic mass is 9.97. The Morgan fingerprint density at radius 1 is 0.385 bits per heavy atom. The number of esters is 5. The van der Waals surface area contributed by atoms with Crippen LogP contribution in [0.5, 0.6) is 74.7 Å². The lowest BCUT2D eigenvalue weighted by Crippen LogP contribution is -2.63. The summed E-state index contributed by atoms with van der Waals surface area (Å²) in [4.78, 5) is 68.3. The van der Waals surface area contributed by atoms with Crippen molar-refractivity contribution in [1.29, 1.82) is 0 Å². The molecule has 0 aromatic heterocycles. The van der Waals surface area contributed by atoms with E-state index in [0.29, 0.717) is 48.5 Å². The highest BCUT2D eigenvalue weighted by atomic mass is 16.7. The van der Waals surface area contributed by atoms with Crippen LogP contribution in [0.25, 0.3) is 0 Å². The quantitative estimate of drug-likeness (QED) is 0.0513. The Balaban J connectivity index is 1.51. The summed E-state index contributed by atoms with van der Waals surface area (Å²) in [6, 6.07) is 9.11. The first kappa shape index (κ1) is 45.3. The van der Waals surface area contributed by atoms with E-state index >= 15 is 0 Å². The molecular weight excluding hydrogens is 876 g/mol. The summed E-state index contributed by atoms with van der Waals surface area (Å²) in [5.41, 5.74) is -3.22. The number of hydrogen-bond acceptors (Lipinski definition) is 24. The molecule has 5 unspecified atom stereocenters. The molecule has 65 heavy (non-hydrogen) atoms. The van der Waals surface area contributed by atoms with E-state index in [9.17, 15) is 90.4 Å². The van der Waals surface area contributed by atoms with Gasteiger partial charge in [0.2, 0.25) is 12.4 Å². The Hall–Kier alpha value is -9.19. The van der Waals surface area contributed by atoms with Crippen LogP contribution in [0, 0.1) is 0 Å². The Morgan fingerprint density at radius 2 is 0.692 bits per heavy atom. The van der Waals surface area contributed by atoms with Gasteiger partial charge in [-0.15, -0.1) is 0 Å². The summed E-state index contributed by atoms with van der Waals surface area (Å²) in [7, 11) is 0. The Labute approximate surface area is 360 Å². The molecule has 340 valence electrons. The van der Waals surface area contributed by atoms with Gasteiger partial charge in [0.1, 0.15) is 18.5 Å². The summed E-state index contributed by atoms with van der Waals surface area (Å²) in [5.74, 6) is -20.7. The maximum absolute atomic E-state index is 13.9. The van der Waals surface area contributed by atoms with Crippen molar-refractivity contribution >= 4 is 29.8 Å². The van der Waals surface area contributed by atoms with Gasteiger partial charge in [0.05, 0.1) is 27.8 Å². The molecule has 5 aromatic carbocycles. The van der Waals surface area contributed by atoms with E-state index < -0.39 is 158 Å². The van der Waals surface area contributed by atoms with Crippen LogP contribution in [0.4, 0.5) is 0 Å². The first-order valence-electron chi connectivity index (χ1n) is 18.1. The van der Waals surface area contributed by atoms with Crippen LogP contribution in [-0.2, 0) is 28.4 Å². The van der Waals surface area contributed by atoms with Gasteiger partial charge in [0, 0.05) is 0 Å². The third kappa shape index (κ3) is 9.66. The summed E-state index contributed by atoms with van der Waals surface area (Å²) in [6.07, 6.45) is -11.8. The standard InChI is InChI=1S/C41H32O24/c42-19-3-1-14(2-4-19)36(55)60-13-28-33(62-37(56)15-5-20(43)29(51)21(44)6-15)34(63-38(57)16-7-22(45)30(52)23(46)8-16)35(64-39(58)17-9-24(47)31(53)25(48)10-17)41(61-28)65-40(59)18-11-26(49)32(54)27(50)12-18/h1-12,28,33-35,41-54H,13H2. The van der Waals surface area contributed by atoms with Crippen molar-refractivity contribution in [2.24, 2.45) is 0 Å². The molecule has 0 bridgehead atoms. The van der Waals surface area contributed by atoms with E-state index in [2.05, 4.69) is 0 Å². The van der Waals surface area contributed by atoms with E-state index in [4.69, 9.17) is 28.4 Å². The maximum atomic E-state index is 13.9. The van der Waals surface area contributed by atoms with Crippen molar-refractivity contribution in [2.75, 3.05) is 6.61 Å². The smallest absolute Gasteiger partial charge is 0.340 e. The average molecular weight is 909 g/mol. The molecule has 5 aromatic rings. The van der Waals surface area contributed by atoms with E-state index in [1.165, 1.54) is 0 Å². The average Bonchev–Trinajstić information content (AvgIpc) is 3.26. The van der Waals surface area contributed by atoms with Crippen LogP contribution < -0.4 is 0 Å². The molecule has 0 amide bonds. The molecule has 1 fully saturated rings. The van der Waals surface area contributed by atoms with Crippen molar-refractivity contribution < 1.29 is 119 Å². The van der Waals surface area contributed by atoms with Gasteiger partial charge >= 0.3 is 29.8 Å². The summed E-state index contributed by atoms with van der Waals surface area (Å²) < 4.78 is 33.5. The van der Waals surface area contributed by atoms with Crippen LogP contribution in [0.3, 0.4) is 0 Å². The van der Waals surface area contributed by atoms with E-state index in [1.807, 2.05) is 0 Å². The molecule has 1 aliphatic rings. The number of benzene rings is 5. The lowest BCUT2D eigenvalue weighted by Gasteiger charge is -2.43. The minimum Gasteiger partial charge on any atom is -0.508 e. The number of rotatable bonds is 11. The predicted molar refractivity (Wildman–Crippen MR) is 206 cm³/mol. The highest BCUT2D eigenvalue weighted by molar-refractivity contribution is 5.94. The molecule has 1 saturated heterocycles. The van der Waals surface area contributed by atoms with Crippen molar-refractivity contribution in [3.63, 3.8) is 0 Å². The zero-order valence-electron chi connectivity index (χ0n) is 32.3. The fourth-order valence-electron chi connectivity index (χ4n) is 5.98. The monoisotopic (exact) mass is 908 g/mol. The number of carbonyl (C=O) groups is 5. The van der Waals surface area contributed by atoms with Gasteiger partial charge in [-0.25, -0.2) is 24.0 Å². The molecular formula is C41H32O24. The van der Waals surface area contributed by atoms with E-state index in [1.54, 1.807) is 0 Å². The van der Waals surface area contributed by atoms with Gasteiger partial charge in [-0.3, -0.25) is 0 Å². The van der Waals surface area contributed by atoms with Crippen LogP contribution >= 0.6 is 0 Å². The number of ether oxygens (including phenoxy) is 6. The molecule has 24 nitrogen and oxygen atoms in total. The predicted octanol–water partition coefficient (Wildman–Crippen LogP) is 2.27. The van der Waals surface area contributed by atoms with Crippen LogP contribution in [-0.4, -0.2) is 134 Å². The zero-order chi connectivity index (χ0) is 47.6. The Morgan fingerprint density at radius 3 is 1.05 bits per heavy atom. The van der Waals surface area contributed by atoms with Crippen molar-refractivity contribution in [3.8, 4) is 74.7 Å². The van der Waals surface area contributed by atoms with Crippen molar-refractivity contribution in [1.82, 2.24) is 0 Å². The van der Waals surface area contributed by atoms with Gasteiger partial charge < -0.3 is 94.8 Å². The fraction of sp³-hybridized carbons (Fsp3) is 0.146. The highest BCUT2D eigenvalue weighted by Gasteiger charge is 2.55. The minimum absolute atomic E-state index is 0.195. The van der Waals surface area contributed by atoms with E-state index in [0.717, 1.165) is 24.3 Å². The molecule has 0 saturated carbocycles. The fourth-order valence-corrected chi connectivity index (χ4v) is 5.98. The molecule has 6 rings (SSSR count). The molecule has 24 heteroatoms. The second-order valence-corrected chi connectivity index (χ2v) is 13.7. The third-order valence-electron chi connectivity index (χ3n) is 9.25. The molecule has 5 atom stereocenters. The van der Waals surface area contributed by atoms with Gasteiger partial charge in [-0.1, -0.05) is 0 Å². The second kappa shape index (κ2) is 18.0. The third-order valence-corrected chi connectivity index (χ3v) is 9.25. The molecule has 1 aliphatic heterocycles. The summed E-state index contributed by atoms with van der Waals surface area (Å²) >= 11 is 0. The number of phenolic OH excluding ortho intramolecular Hbond substituents is 13. The number of phenols is 13. The van der Waals surface area contributed by atoms with Crippen molar-refractivity contribution in [3.05, 3.63) is 101 Å². The highest BCUT2D eigenvalue weighted by Crippen LogP contribution is 2.41.